The number of nitrogens with zero attached hydrogens (tertiary/aromatic N) is 1. The topological polar surface area (TPSA) is 37.4 Å². The molecule has 1 aromatic carbocycles. The number of aryl methyl sites for hydroxylation is 1. The Morgan fingerprint density at radius 1 is 0.885 bits per heavy atom. The lowest BCUT2D eigenvalue weighted by atomic mass is 9.84. The molecule has 1 saturated heterocycles. The molecule has 3 nitrogen and oxygen atoms in total. The summed E-state index contributed by atoms with van der Waals surface area (Å²) in [6, 6.07) is 5.34. The maximum Gasteiger partial charge on any atom is 0.240 e. The first kappa shape index (κ1) is 19.2. The highest BCUT2D eigenvalue weighted by atomic mass is 35.5. The van der Waals surface area contributed by atoms with Crippen LogP contribution in [0.4, 0.5) is 5.69 Å². The standard InChI is InChI=1S/C17H11Cl6NO2/c1-6-4-3-5-8(7(6)2)24-13(25)9-10(14(24)26)16(21)12(19)11(18)15(9,20)17(16,22)23/h3-5,9-10H,1-2H3/t9-,10+,15-,16-/m1/s1. The predicted molar refractivity (Wildman–Crippen MR) is 106 cm³/mol. The first-order valence-electron chi connectivity index (χ1n) is 7.70. The van der Waals surface area contributed by atoms with Gasteiger partial charge in [0.25, 0.3) is 0 Å². The summed E-state index contributed by atoms with van der Waals surface area (Å²) < 4.78 is -1.91. The minimum Gasteiger partial charge on any atom is -0.274 e. The number of allylic oxidation sites excluding steroid dienone is 2. The first-order chi connectivity index (χ1) is 11.9. The third-order valence-corrected chi connectivity index (χ3v) is 9.98. The van der Waals surface area contributed by atoms with Gasteiger partial charge in [-0.3, -0.25) is 9.59 Å². The zero-order chi connectivity index (χ0) is 19.4. The zero-order valence-electron chi connectivity index (χ0n) is 13.4. The molecule has 1 heterocycles. The van der Waals surface area contributed by atoms with Crippen LogP contribution in [0.1, 0.15) is 11.1 Å². The predicted octanol–water partition coefficient (Wildman–Crippen LogP) is 5.25. The van der Waals surface area contributed by atoms with E-state index in [1.807, 2.05) is 19.9 Å². The van der Waals surface area contributed by atoms with Crippen molar-refractivity contribution in [3.8, 4) is 0 Å². The molecule has 1 aromatic rings. The van der Waals surface area contributed by atoms with Crippen LogP contribution in [0, 0.1) is 25.7 Å². The van der Waals surface area contributed by atoms with Crippen molar-refractivity contribution in [3.05, 3.63) is 39.4 Å². The Bertz CT molecular complexity index is 882. The zero-order valence-corrected chi connectivity index (χ0v) is 18.0. The van der Waals surface area contributed by atoms with Gasteiger partial charge in [-0.2, -0.15) is 0 Å². The van der Waals surface area contributed by atoms with E-state index in [0.717, 1.165) is 16.0 Å². The SMILES string of the molecule is Cc1cccc(N2C(=O)[C@@H]3[C@H](C2=O)[C@@]2(Cl)C(Cl)=C(Cl)[C@@]3(Cl)C2(Cl)Cl)c1C. The van der Waals surface area contributed by atoms with E-state index < -0.39 is 37.7 Å². The van der Waals surface area contributed by atoms with E-state index in [9.17, 15) is 9.59 Å². The number of benzene rings is 1. The molecule has 1 aliphatic heterocycles. The summed E-state index contributed by atoms with van der Waals surface area (Å²) >= 11 is 38.9. The number of imide groups is 1. The number of rotatable bonds is 1. The van der Waals surface area contributed by atoms with E-state index in [2.05, 4.69) is 0 Å². The second-order valence-corrected chi connectivity index (χ2v) is 10.1. The third kappa shape index (κ3) is 1.77. The Hall–Kier alpha value is -0.160. The summed E-state index contributed by atoms with van der Waals surface area (Å²) in [6.07, 6.45) is 0. The summed E-state index contributed by atoms with van der Waals surface area (Å²) in [4.78, 5) is 24.1. The highest BCUT2D eigenvalue weighted by Crippen LogP contribution is 2.77. The van der Waals surface area contributed by atoms with Crippen LogP contribution in [0.2, 0.25) is 0 Å². The minimum absolute atomic E-state index is 0.0916. The number of hydrogen-bond donors (Lipinski definition) is 0. The number of amides is 2. The quantitative estimate of drug-likeness (QED) is 0.412. The van der Waals surface area contributed by atoms with E-state index in [4.69, 9.17) is 69.6 Å². The van der Waals surface area contributed by atoms with Gasteiger partial charge in [0.15, 0.2) is 4.33 Å². The Morgan fingerprint density at radius 3 is 1.81 bits per heavy atom. The number of alkyl halides is 4. The molecule has 4 atom stereocenters. The maximum atomic E-state index is 13.3. The van der Waals surface area contributed by atoms with Gasteiger partial charge in [0.2, 0.25) is 11.8 Å². The van der Waals surface area contributed by atoms with Crippen molar-refractivity contribution >= 4 is 87.1 Å². The van der Waals surface area contributed by atoms with Crippen LogP contribution in [-0.2, 0) is 9.59 Å². The molecule has 138 valence electrons. The summed E-state index contributed by atoms with van der Waals surface area (Å²) in [5.41, 5.74) is 2.20. The molecule has 1 saturated carbocycles. The fourth-order valence-electron chi connectivity index (χ4n) is 4.21. The van der Waals surface area contributed by atoms with Crippen molar-refractivity contribution in [2.24, 2.45) is 11.8 Å². The van der Waals surface area contributed by atoms with Gasteiger partial charge < -0.3 is 0 Å². The summed E-state index contributed by atoms with van der Waals surface area (Å²) in [5.74, 6) is -3.31. The molecular formula is C17H11Cl6NO2. The minimum atomic E-state index is -1.91. The number of fused-ring (bicyclic) bond motifs is 5. The Labute approximate surface area is 180 Å². The van der Waals surface area contributed by atoms with E-state index in [0.29, 0.717) is 5.69 Å². The number of carbonyl (C=O) groups is 2. The normalized spacial score (nSPS) is 37.8. The van der Waals surface area contributed by atoms with Gasteiger partial charge in [-0.15, -0.1) is 23.2 Å². The van der Waals surface area contributed by atoms with Crippen LogP contribution in [0.25, 0.3) is 0 Å². The lowest BCUT2D eigenvalue weighted by Gasteiger charge is -2.34. The molecular weight excluding hydrogens is 463 g/mol. The molecule has 0 radical (unpaired) electrons. The first-order valence-corrected chi connectivity index (χ1v) is 9.96. The summed E-state index contributed by atoms with van der Waals surface area (Å²) in [7, 11) is 0. The summed E-state index contributed by atoms with van der Waals surface area (Å²) in [5, 5.41) is -0.183. The number of anilines is 1. The molecule has 3 aliphatic rings. The average Bonchev–Trinajstić information content (AvgIpc) is 2.95. The van der Waals surface area contributed by atoms with Gasteiger partial charge in [0.05, 0.1) is 27.6 Å². The Kier molecular flexibility index (Phi) is 4.03. The van der Waals surface area contributed by atoms with Gasteiger partial charge in [-0.1, -0.05) is 58.5 Å². The van der Waals surface area contributed by atoms with Crippen molar-refractivity contribution in [1.29, 1.82) is 0 Å². The highest BCUT2D eigenvalue weighted by molar-refractivity contribution is 6.67. The maximum absolute atomic E-state index is 13.3. The lowest BCUT2D eigenvalue weighted by molar-refractivity contribution is -0.123. The molecule has 4 rings (SSSR count). The number of halogens is 6. The fraction of sp³-hybridized carbons (Fsp3) is 0.412. The van der Waals surface area contributed by atoms with Crippen molar-refractivity contribution in [1.82, 2.24) is 0 Å². The van der Waals surface area contributed by atoms with Crippen LogP contribution in [0.5, 0.6) is 0 Å². The molecule has 2 amide bonds. The van der Waals surface area contributed by atoms with Crippen LogP contribution in [0.15, 0.2) is 28.3 Å². The van der Waals surface area contributed by atoms with E-state index in [1.54, 1.807) is 12.1 Å². The Balaban J connectivity index is 1.94. The van der Waals surface area contributed by atoms with Gasteiger partial charge in [-0.25, -0.2) is 4.90 Å². The van der Waals surface area contributed by atoms with Crippen LogP contribution < -0.4 is 4.90 Å². The third-order valence-electron chi connectivity index (χ3n) is 5.73. The monoisotopic (exact) mass is 471 g/mol. The molecule has 2 bridgehead atoms. The molecule has 9 heteroatoms. The van der Waals surface area contributed by atoms with Crippen LogP contribution >= 0.6 is 69.6 Å². The lowest BCUT2D eigenvalue weighted by Crippen LogP contribution is -2.50. The van der Waals surface area contributed by atoms with Gasteiger partial charge in [0, 0.05) is 0 Å². The molecule has 2 fully saturated rings. The Morgan fingerprint density at radius 2 is 1.35 bits per heavy atom. The van der Waals surface area contributed by atoms with Crippen molar-refractivity contribution < 1.29 is 9.59 Å². The van der Waals surface area contributed by atoms with E-state index >= 15 is 0 Å². The van der Waals surface area contributed by atoms with Crippen molar-refractivity contribution in [2.45, 2.75) is 27.9 Å². The molecule has 2 aliphatic carbocycles. The average molecular weight is 474 g/mol. The second kappa shape index (κ2) is 5.46. The van der Waals surface area contributed by atoms with E-state index in [-0.39, 0.29) is 10.1 Å². The highest BCUT2D eigenvalue weighted by Gasteiger charge is 2.87. The molecule has 0 N–H and O–H groups in total. The van der Waals surface area contributed by atoms with Crippen molar-refractivity contribution in [2.75, 3.05) is 4.90 Å². The molecule has 26 heavy (non-hydrogen) atoms. The number of carbonyl (C=O) groups excluding carboxylic acids is 2. The van der Waals surface area contributed by atoms with Crippen LogP contribution in [-0.4, -0.2) is 25.9 Å². The molecule has 0 unspecified atom stereocenters. The van der Waals surface area contributed by atoms with Crippen LogP contribution in [0.3, 0.4) is 0 Å². The largest absolute Gasteiger partial charge is 0.274 e. The van der Waals surface area contributed by atoms with Gasteiger partial charge in [0.1, 0.15) is 9.75 Å². The van der Waals surface area contributed by atoms with Gasteiger partial charge in [-0.05, 0) is 31.0 Å². The van der Waals surface area contributed by atoms with Crippen molar-refractivity contribution in [3.63, 3.8) is 0 Å². The molecule has 0 spiro atoms. The smallest absolute Gasteiger partial charge is 0.240 e. The second-order valence-electron chi connectivity index (χ2n) is 6.81. The van der Waals surface area contributed by atoms with E-state index in [1.165, 1.54) is 0 Å². The van der Waals surface area contributed by atoms with Gasteiger partial charge >= 0.3 is 0 Å². The summed E-state index contributed by atoms with van der Waals surface area (Å²) in [6.45, 7) is 3.71. The fourth-order valence-corrected chi connectivity index (χ4v) is 7.14. The molecule has 0 aromatic heterocycles. The number of hydrogen-bond acceptors (Lipinski definition) is 2.